The van der Waals surface area contributed by atoms with E-state index in [0.29, 0.717) is 0 Å². The average Bonchev–Trinajstić information content (AvgIpc) is 3.98. The number of hydrogen-bond acceptors (Lipinski definition) is 4. The fourth-order valence-electron chi connectivity index (χ4n) is 14.0. The van der Waals surface area contributed by atoms with E-state index in [4.69, 9.17) is 14.3 Å². The maximum atomic E-state index is 6.31. The molecule has 82 heavy (non-hydrogen) atoms. The monoisotopic (exact) mass is 1110 g/mol. The van der Waals surface area contributed by atoms with Crippen LogP contribution in [0.25, 0.3) is 165 Å². The van der Waals surface area contributed by atoms with Gasteiger partial charge in [-0.05, 0) is 230 Å². The van der Waals surface area contributed by atoms with Crippen molar-refractivity contribution in [3.05, 3.63) is 235 Å². The van der Waals surface area contributed by atoms with E-state index in [1.165, 1.54) is 148 Å². The molecule has 386 valence electrons. The number of halogens is 1. The molecule has 4 nitrogen and oxygen atoms in total. The van der Waals surface area contributed by atoms with Gasteiger partial charge in [-0.15, -0.1) is 0 Å². The Bertz CT molecular complexity index is 5080. The summed E-state index contributed by atoms with van der Waals surface area (Å²) in [5.74, 6) is 0. The van der Waals surface area contributed by atoms with Crippen molar-refractivity contribution in [3.63, 3.8) is 0 Å². The van der Waals surface area contributed by atoms with E-state index in [0.717, 1.165) is 26.8 Å². The maximum Gasteiger partial charge on any atom is 0.495 e. The van der Waals surface area contributed by atoms with Gasteiger partial charge in [-0.1, -0.05) is 182 Å². The van der Waals surface area contributed by atoms with Crippen LogP contribution in [0.4, 0.5) is 0 Å². The van der Waals surface area contributed by atoms with E-state index in [1.807, 2.05) is 0 Å². The predicted octanol–water partition coefficient (Wildman–Crippen LogP) is 20.1. The zero-order valence-corrected chi connectivity index (χ0v) is 47.2. The lowest BCUT2D eigenvalue weighted by Gasteiger charge is -2.32. The number of benzene rings is 12. The molecule has 0 unspecified atom stereocenters. The highest BCUT2D eigenvalue weighted by molar-refractivity contribution is 9.10. The second-order valence-corrected chi connectivity index (χ2v) is 24.2. The second kappa shape index (κ2) is 17.5. The summed E-state index contributed by atoms with van der Waals surface area (Å²) in [6.45, 7) is 8.40. The van der Waals surface area contributed by atoms with Gasteiger partial charge < -0.3 is 9.31 Å². The third-order valence-electron chi connectivity index (χ3n) is 18.5. The summed E-state index contributed by atoms with van der Waals surface area (Å²) in [6, 6.07) is 83.4. The molecule has 4 aliphatic carbocycles. The van der Waals surface area contributed by atoms with Crippen molar-refractivity contribution in [2.45, 2.75) is 38.9 Å². The summed E-state index contributed by atoms with van der Waals surface area (Å²) < 4.78 is 13.5. The van der Waals surface area contributed by atoms with Gasteiger partial charge in [-0.3, -0.25) is 0 Å². The highest BCUT2D eigenvalue weighted by Gasteiger charge is 2.52. The zero-order valence-electron chi connectivity index (χ0n) is 45.6. The van der Waals surface area contributed by atoms with Crippen molar-refractivity contribution < 1.29 is 9.31 Å². The van der Waals surface area contributed by atoms with Gasteiger partial charge in [0.2, 0.25) is 0 Å². The molecule has 0 bridgehead atoms. The van der Waals surface area contributed by atoms with Crippen LogP contribution in [0.15, 0.2) is 235 Å². The number of rotatable bonds is 2. The Labute approximate surface area is 484 Å². The van der Waals surface area contributed by atoms with Gasteiger partial charge in [0.25, 0.3) is 0 Å². The Morgan fingerprint density at radius 2 is 0.671 bits per heavy atom. The molecule has 2 aromatic heterocycles. The Hall–Kier alpha value is -9.04. The summed E-state index contributed by atoms with van der Waals surface area (Å²) >= 11 is 3.54. The van der Waals surface area contributed by atoms with Crippen LogP contribution in [-0.2, 0) is 9.31 Å². The normalized spacial score (nSPS) is 14.5. The van der Waals surface area contributed by atoms with E-state index >= 15 is 0 Å². The van der Waals surface area contributed by atoms with Crippen LogP contribution in [0.3, 0.4) is 0 Å². The van der Waals surface area contributed by atoms with Crippen LogP contribution in [0.5, 0.6) is 0 Å². The fourth-order valence-corrected chi connectivity index (χ4v) is 14.4. The molecule has 19 rings (SSSR count). The van der Waals surface area contributed by atoms with Crippen LogP contribution in [0.2, 0.25) is 0 Å². The second-order valence-electron chi connectivity index (χ2n) is 23.4. The van der Waals surface area contributed by atoms with E-state index < -0.39 is 0 Å². The van der Waals surface area contributed by atoms with E-state index in [9.17, 15) is 0 Å². The molecular weight excluding hydrogens is 1060 g/mol. The summed E-state index contributed by atoms with van der Waals surface area (Å²) in [4.78, 5) is 9.85. The van der Waals surface area contributed by atoms with Crippen molar-refractivity contribution in [2.75, 3.05) is 0 Å². The lowest BCUT2D eigenvalue weighted by molar-refractivity contribution is 0.00578. The molecular formula is C76H50BBrN2O2. The van der Waals surface area contributed by atoms with Gasteiger partial charge >= 0.3 is 7.12 Å². The van der Waals surface area contributed by atoms with Crippen molar-refractivity contribution >= 4 is 93.4 Å². The Morgan fingerprint density at radius 3 is 1.18 bits per heavy atom. The smallest absolute Gasteiger partial charge is 0.399 e. The number of aromatic nitrogens is 2. The minimum atomic E-state index is -0.335. The quantitative estimate of drug-likeness (QED) is 0.128. The molecule has 12 aromatic carbocycles. The highest BCUT2D eigenvalue weighted by atomic mass is 79.9. The SMILES string of the molecule is Brc1cc2c3c(cccc3n1)-c1cc3ccccc3cc1-2.CC1(C)OB(c2ccc3c4c(cccc24)-c2ccccc2-3)OC1(C)C.c1ccc2c(c1)-c1cccc3c(-c4cc5c6c(cccc6n4)-c4cc6ccccc6cc4-5)ccc-2c13. The molecule has 0 N–H and O–H groups in total. The molecule has 5 aliphatic rings. The van der Waals surface area contributed by atoms with Crippen LogP contribution in [0, 0.1) is 0 Å². The first-order valence-corrected chi connectivity index (χ1v) is 29.1. The van der Waals surface area contributed by atoms with E-state index in [-0.39, 0.29) is 18.3 Å². The standard InChI is InChI=1S/C35H19N.C22H21BO2.C19H10BrN/c1-2-8-21-18-30-29(17-20(21)7-1)27-13-6-14-32-35(27)31(30)19-33(36-32)24-15-16-28-23-10-4-3-9-22(23)25-11-5-12-26(24)34(25)28;1-21(2)22(3,4)25-23(24-21)19-13-12-17-15-9-6-5-8-14(15)16-10-7-11-18(19)20(16)17;20-18-10-16-15-9-12-5-2-1-4-11(12)8-14(15)13-6-3-7-17(21-18)19(13)16/h1-19H;5-13H,1-4H3;1-10H. The van der Waals surface area contributed by atoms with E-state index in [1.54, 1.807) is 0 Å². The fraction of sp³-hybridized carbons (Fsp3) is 0.0789. The van der Waals surface area contributed by atoms with Crippen molar-refractivity contribution in [1.29, 1.82) is 0 Å². The van der Waals surface area contributed by atoms with E-state index in [2.05, 4.69) is 279 Å². The van der Waals surface area contributed by atoms with Gasteiger partial charge in [0.1, 0.15) is 4.60 Å². The Balaban J connectivity index is 0.000000102. The molecule has 1 fully saturated rings. The third kappa shape index (κ3) is 6.93. The van der Waals surface area contributed by atoms with Gasteiger partial charge in [-0.2, -0.15) is 0 Å². The first kappa shape index (κ1) is 47.7. The summed E-state index contributed by atoms with van der Waals surface area (Å²) in [5, 5.41) is 12.8. The molecule has 3 heterocycles. The van der Waals surface area contributed by atoms with Crippen molar-refractivity contribution in [2.24, 2.45) is 0 Å². The Kier molecular flexibility index (Phi) is 10.2. The van der Waals surface area contributed by atoms with Crippen LogP contribution in [0.1, 0.15) is 27.7 Å². The third-order valence-corrected chi connectivity index (χ3v) is 18.9. The maximum absolute atomic E-state index is 6.31. The average molecular weight is 1110 g/mol. The molecule has 6 heteroatoms. The van der Waals surface area contributed by atoms with Gasteiger partial charge in [-0.25, -0.2) is 9.97 Å². The summed E-state index contributed by atoms with van der Waals surface area (Å²) in [7, 11) is -0.335. The van der Waals surface area contributed by atoms with Gasteiger partial charge in [0.05, 0.1) is 27.9 Å². The number of fused-ring (bicyclic) bond motifs is 14. The zero-order chi connectivity index (χ0) is 54.8. The van der Waals surface area contributed by atoms with Gasteiger partial charge in [0, 0.05) is 16.3 Å². The van der Waals surface area contributed by atoms with Crippen LogP contribution < -0.4 is 5.46 Å². The minimum Gasteiger partial charge on any atom is -0.399 e. The number of nitrogens with zero attached hydrogens (tertiary/aromatic N) is 2. The minimum absolute atomic E-state index is 0.330. The summed E-state index contributed by atoms with van der Waals surface area (Å²) in [6.07, 6.45) is 0. The molecule has 1 aliphatic heterocycles. The highest BCUT2D eigenvalue weighted by Crippen LogP contribution is 2.54. The molecule has 0 radical (unpaired) electrons. The first-order valence-electron chi connectivity index (χ1n) is 28.3. The van der Waals surface area contributed by atoms with Crippen LogP contribution >= 0.6 is 15.9 Å². The number of pyridine rings is 2. The first-order chi connectivity index (χ1) is 40.0. The molecule has 0 amide bonds. The Morgan fingerprint density at radius 1 is 0.305 bits per heavy atom. The largest absolute Gasteiger partial charge is 0.495 e. The molecule has 0 saturated carbocycles. The number of hydrogen-bond donors (Lipinski definition) is 0. The predicted molar refractivity (Wildman–Crippen MR) is 347 cm³/mol. The topological polar surface area (TPSA) is 44.2 Å². The van der Waals surface area contributed by atoms with Crippen LogP contribution in [-0.4, -0.2) is 28.3 Å². The lowest BCUT2D eigenvalue weighted by atomic mass is 9.75. The van der Waals surface area contributed by atoms with Crippen molar-refractivity contribution in [1.82, 2.24) is 9.97 Å². The van der Waals surface area contributed by atoms with Crippen molar-refractivity contribution in [3.8, 4) is 100 Å². The molecule has 0 atom stereocenters. The molecule has 0 spiro atoms. The van der Waals surface area contributed by atoms with Gasteiger partial charge in [0.15, 0.2) is 0 Å². The summed E-state index contributed by atoms with van der Waals surface area (Å²) in [5.41, 5.74) is 25.7. The molecule has 14 aromatic rings. The lowest BCUT2D eigenvalue weighted by Crippen LogP contribution is -2.41. The molecule has 1 saturated heterocycles.